The summed E-state index contributed by atoms with van der Waals surface area (Å²) in [4.78, 5) is 2.40. The summed E-state index contributed by atoms with van der Waals surface area (Å²) >= 11 is 0. The molecule has 0 saturated carbocycles. The first-order chi connectivity index (χ1) is 28.0. The Morgan fingerprint density at radius 1 is 0.386 bits per heavy atom. The number of rotatable bonds is 6. The average molecular weight is 730 g/mol. The van der Waals surface area contributed by atoms with Crippen LogP contribution in [-0.4, -0.2) is 0 Å². The van der Waals surface area contributed by atoms with Gasteiger partial charge in [-0.1, -0.05) is 172 Å². The van der Waals surface area contributed by atoms with Crippen LogP contribution in [0.15, 0.2) is 205 Å². The van der Waals surface area contributed by atoms with Crippen molar-refractivity contribution in [2.45, 2.75) is 19.3 Å². The van der Waals surface area contributed by atoms with Gasteiger partial charge in [0.1, 0.15) is 11.2 Å². The lowest BCUT2D eigenvalue weighted by molar-refractivity contribution is 0.660. The molecule has 1 aliphatic carbocycles. The summed E-state index contributed by atoms with van der Waals surface area (Å²) in [5.41, 5.74) is 17.5. The van der Waals surface area contributed by atoms with E-state index in [-0.39, 0.29) is 5.41 Å². The van der Waals surface area contributed by atoms with E-state index in [2.05, 4.69) is 219 Å². The van der Waals surface area contributed by atoms with Crippen LogP contribution in [0.4, 0.5) is 17.1 Å². The number of hydrogen-bond acceptors (Lipinski definition) is 2. The lowest BCUT2D eigenvalue weighted by Crippen LogP contribution is -2.16. The topological polar surface area (TPSA) is 16.4 Å². The van der Waals surface area contributed by atoms with E-state index in [9.17, 15) is 0 Å². The highest BCUT2D eigenvalue weighted by Crippen LogP contribution is 2.52. The first kappa shape index (κ1) is 33.2. The summed E-state index contributed by atoms with van der Waals surface area (Å²) in [5.74, 6) is 0. The molecule has 0 saturated heterocycles. The van der Waals surface area contributed by atoms with Gasteiger partial charge in [-0.15, -0.1) is 0 Å². The molecule has 9 aromatic carbocycles. The van der Waals surface area contributed by atoms with E-state index in [4.69, 9.17) is 4.42 Å². The van der Waals surface area contributed by atoms with E-state index in [0.717, 1.165) is 50.0 Å². The van der Waals surface area contributed by atoms with Crippen molar-refractivity contribution in [1.82, 2.24) is 0 Å². The van der Waals surface area contributed by atoms with Crippen molar-refractivity contribution in [3.63, 3.8) is 0 Å². The Labute approximate surface area is 332 Å². The van der Waals surface area contributed by atoms with Crippen LogP contribution in [0.5, 0.6) is 0 Å². The first-order valence-corrected chi connectivity index (χ1v) is 19.8. The van der Waals surface area contributed by atoms with Crippen molar-refractivity contribution in [2.24, 2.45) is 0 Å². The number of anilines is 3. The second kappa shape index (κ2) is 13.0. The molecule has 11 rings (SSSR count). The van der Waals surface area contributed by atoms with E-state index >= 15 is 0 Å². The van der Waals surface area contributed by atoms with Gasteiger partial charge in [0.15, 0.2) is 0 Å². The predicted octanol–water partition coefficient (Wildman–Crippen LogP) is 15.5. The fourth-order valence-corrected chi connectivity index (χ4v) is 9.32. The van der Waals surface area contributed by atoms with Gasteiger partial charge in [0.05, 0.1) is 0 Å². The number of furan rings is 1. The van der Waals surface area contributed by atoms with Crippen molar-refractivity contribution in [1.29, 1.82) is 0 Å². The molecule has 1 aliphatic rings. The van der Waals surface area contributed by atoms with E-state index in [0.29, 0.717) is 0 Å². The van der Waals surface area contributed by atoms with Gasteiger partial charge in [-0.2, -0.15) is 0 Å². The van der Waals surface area contributed by atoms with Gasteiger partial charge < -0.3 is 9.32 Å². The molecular weight excluding hydrogens is 691 g/mol. The van der Waals surface area contributed by atoms with Crippen LogP contribution >= 0.6 is 0 Å². The monoisotopic (exact) mass is 729 g/mol. The molecule has 2 heteroatoms. The number of nitrogens with zero attached hydrogens (tertiary/aromatic N) is 1. The molecule has 270 valence electrons. The number of fused-ring (bicyclic) bond motifs is 8. The summed E-state index contributed by atoms with van der Waals surface area (Å²) in [5, 5.41) is 4.56. The lowest BCUT2D eigenvalue weighted by atomic mass is 9.82. The Kier molecular flexibility index (Phi) is 7.55. The van der Waals surface area contributed by atoms with Crippen molar-refractivity contribution >= 4 is 49.8 Å². The molecule has 0 bridgehead atoms. The second-order valence-electron chi connectivity index (χ2n) is 15.7. The Morgan fingerprint density at radius 3 is 1.61 bits per heavy atom. The predicted molar refractivity (Wildman–Crippen MR) is 240 cm³/mol. The van der Waals surface area contributed by atoms with Crippen LogP contribution in [0.3, 0.4) is 0 Å². The Hall–Kier alpha value is -7.16. The van der Waals surface area contributed by atoms with Crippen LogP contribution in [0.2, 0.25) is 0 Å². The molecule has 0 spiro atoms. The van der Waals surface area contributed by atoms with E-state index in [1.165, 1.54) is 55.5 Å². The Balaban J connectivity index is 1.11. The van der Waals surface area contributed by atoms with E-state index in [1.54, 1.807) is 0 Å². The van der Waals surface area contributed by atoms with Crippen LogP contribution in [-0.2, 0) is 5.41 Å². The highest BCUT2D eigenvalue weighted by molar-refractivity contribution is 6.26. The summed E-state index contributed by atoms with van der Waals surface area (Å²) < 4.78 is 6.71. The van der Waals surface area contributed by atoms with Gasteiger partial charge in [0, 0.05) is 44.2 Å². The molecule has 1 aromatic heterocycles. The lowest BCUT2D eigenvalue weighted by Gasteiger charge is -2.28. The Morgan fingerprint density at radius 2 is 0.895 bits per heavy atom. The Bertz CT molecular complexity index is 3120. The molecule has 0 unspecified atom stereocenters. The van der Waals surface area contributed by atoms with E-state index < -0.39 is 0 Å². The minimum atomic E-state index is -0.114. The van der Waals surface area contributed by atoms with Gasteiger partial charge in [0.2, 0.25) is 0 Å². The maximum Gasteiger partial charge on any atom is 0.143 e. The van der Waals surface area contributed by atoms with Crippen LogP contribution in [0.1, 0.15) is 25.0 Å². The molecule has 10 aromatic rings. The minimum absolute atomic E-state index is 0.114. The van der Waals surface area contributed by atoms with E-state index in [1.807, 2.05) is 0 Å². The smallest absolute Gasteiger partial charge is 0.143 e. The summed E-state index contributed by atoms with van der Waals surface area (Å²) in [6.07, 6.45) is 0. The molecule has 0 fully saturated rings. The fourth-order valence-electron chi connectivity index (χ4n) is 9.32. The van der Waals surface area contributed by atoms with Gasteiger partial charge in [-0.25, -0.2) is 0 Å². The SMILES string of the molecule is CC1(C)c2ccccc2-c2ccc(N(c3ccc(-c4ccccc4)cc3)c3ccc(-c4c(-c5ccccc5)c5ccccc5c5oc6ccccc6c45)cc3)cc21. The number of benzene rings is 9. The molecule has 0 aliphatic heterocycles. The molecule has 57 heavy (non-hydrogen) atoms. The average Bonchev–Trinajstić information content (AvgIpc) is 3.77. The van der Waals surface area contributed by atoms with Crippen molar-refractivity contribution in [3.05, 3.63) is 211 Å². The zero-order valence-electron chi connectivity index (χ0n) is 31.9. The zero-order chi connectivity index (χ0) is 38.1. The maximum atomic E-state index is 6.71. The third-order valence-corrected chi connectivity index (χ3v) is 12.1. The first-order valence-electron chi connectivity index (χ1n) is 19.8. The molecule has 0 atom stereocenters. The van der Waals surface area contributed by atoms with Crippen LogP contribution in [0.25, 0.3) is 77.2 Å². The molecule has 1 heterocycles. The van der Waals surface area contributed by atoms with Gasteiger partial charge in [-0.3, -0.25) is 0 Å². The summed E-state index contributed by atoms with van der Waals surface area (Å²) in [6, 6.07) is 72.5. The van der Waals surface area contributed by atoms with Gasteiger partial charge in [-0.05, 0) is 97.9 Å². The normalized spacial score (nSPS) is 12.9. The van der Waals surface area contributed by atoms with Crippen molar-refractivity contribution in [2.75, 3.05) is 4.90 Å². The highest BCUT2D eigenvalue weighted by atomic mass is 16.3. The van der Waals surface area contributed by atoms with Gasteiger partial charge >= 0.3 is 0 Å². The van der Waals surface area contributed by atoms with Crippen LogP contribution in [0, 0.1) is 0 Å². The maximum absolute atomic E-state index is 6.71. The molecular formula is C55H39NO. The van der Waals surface area contributed by atoms with Crippen molar-refractivity contribution < 1.29 is 4.42 Å². The van der Waals surface area contributed by atoms with Crippen LogP contribution < -0.4 is 4.90 Å². The number of para-hydroxylation sites is 1. The molecule has 0 N–H and O–H groups in total. The standard InChI is InChI=1S/C55H39NO/c1-55(2)48-23-13-11-19-43(48)44-34-33-42(35-49(44)55)56(40-29-25-37(26-30-40)36-15-5-3-6-16-36)41-31-27-39(28-32-41)52-51(38-17-7-4-8-18-38)45-20-9-10-21-46(45)54-53(52)47-22-12-14-24-50(47)57-54/h3-35H,1-2H3. The zero-order valence-corrected chi connectivity index (χ0v) is 31.9. The third kappa shape index (κ3) is 5.25. The summed E-state index contributed by atoms with van der Waals surface area (Å²) in [7, 11) is 0. The molecule has 0 amide bonds. The fraction of sp³-hybridized carbons (Fsp3) is 0.0545. The molecule has 0 radical (unpaired) electrons. The second-order valence-corrected chi connectivity index (χ2v) is 15.7. The van der Waals surface area contributed by atoms with Gasteiger partial charge in [0.25, 0.3) is 0 Å². The third-order valence-electron chi connectivity index (χ3n) is 12.1. The minimum Gasteiger partial charge on any atom is -0.455 e. The highest BCUT2D eigenvalue weighted by Gasteiger charge is 2.35. The molecule has 2 nitrogen and oxygen atoms in total. The largest absolute Gasteiger partial charge is 0.455 e. The quantitative estimate of drug-likeness (QED) is 0.169. The number of hydrogen-bond donors (Lipinski definition) is 0. The summed E-state index contributed by atoms with van der Waals surface area (Å²) in [6.45, 7) is 4.70. The van der Waals surface area contributed by atoms with Crippen molar-refractivity contribution in [3.8, 4) is 44.5 Å².